The fourth-order valence-electron chi connectivity index (χ4n) is 5.54. The molecule has 2 aliphatic heterocycles. The number of nitrogens with one attached hydrogen (secondary N) is 1. The zero-order valence-electron chi connectivity index (χ0n) is 17.5. The number of nitrogens with two attached hydrogens (primary N) is 1. The van der Waals surface area contributed by atoms with Crippen molar-refractivity contribution in [3.05, 3.63) is 47.3 Å². The number of carbonyl (C=O) groups excluding carboxylic acids is 1. The first-order valence-corrected chi connectivity index (χ1v) is 10.8. The zero-order valence-corrected chi connectivity index (χ0v) is 17.5. The highest BCUT2D eigenvalue weighted by molar-refractivity contribution is 5.85. The SMILES string of the molecule is COc1cccc(CC2(C(=O)N3CCCC4(CCc5cnc(N)nc54)C3)CNC2)c1. The molecular weight excluding hydrogens is 378 g/mol. The number of amides is 1. The standard InChI is InChI=1S/C23H29N5O2/c1-30-18-5-2-4-16(10-18)11-23(13-25-14-23)20(29)28-9-3-7-22(15-28)8-6-17-12-26-21(24)27-19(17)22/h2,4-5,10,12,25H,3,6-9,11,13-15H2,1H3,(H2,24,26,27). The maximum absolute atomic E-state index is 13.8. The zero-order chi connectivity index (χ0) is 20.8. The highest BCUT2D eigenvalue weighted by Crippen LogP contribution is 2.45. The molecule has 7 heteroatoms. The Labute approximate surface area is 177 Å². The fraction of sp³-hybridized carbons (Fsp3) is 0.522. The summed E-state index contributed by atoms with van der Waals surface area (Å²) >= 11 is 0. The molecule has 1 aromatic heterocycles. The topological polar surface area (TPSA) is 93.4 Å². The Kier molecular flexibility index (Phi) is 4.65. The van der Waals surface area contributed by atoms with Crippen LogP contribution in [-0.2, 0) is 23.1 Å². The maximum Gasteiger partial charge on any atom is 0.231 e. The quantitative estimate of drug-likeness (QED) is 0.801. The van der Waals surface area contributed by atoms with E-state index < -0.39 is 0 Å². The van der Waals surface area contributed by atoms with E-state index >= 15 is 0 Å². The molecule has 0 saturated carbocycles. The number of rotatable bonds is 4. The molecule has 2 aromatic rings. The number of carbonyl (C=O) groups is 1. The Morgan fingerprint density at radius 3 is 2.97 bits per heavy atom. The van der Waals surface area contributed by atoms with Crippen LogP contribution < -0.4 is 15.8 Å². The number of hydrogen-bond donors (Lipinski definition) is 2. The van der Waals surface area contributed by atoms with E-state index in [0.29, 0.717) is 5.95 Å². The third kappa shape index (κ3) is 3.12. The third-order valence-electron chi connectivity index (χ3n) is 7.18. The molecular formula is C23H29N5O2. The van der Waals surface area contributed by atoms with Crippen LogP contribution >= 0.6 is 0 Å². The summed E-state index contributed by atoms with van der Waals surface area (Å²) in [5, 5.41) is 3.34. The Hall–Kier alpha value is -2.67. The molecule has 1 amide bonds. The molecule has 5 rings (SSSR count). The molecule has 7 nitrogen and oxygen atoms in total. The number of anilines is 1. The molecule has 1 unspecified atom stereocenters. The van der Waals surface area contributed by atoms with Crippen molar-refractivity contribution in [3.8, 4) is 5.75 Å². The van der Waals surface area contributed by atoms with Gasteiger partial charge in [-0.1, -0.05) is 12.1 Å². The number of piperidine rings is 1. The molecule has 1 atom stereocenters. The van der Waals surface area contributed by atoms with Crippen LogP contribution in [0.3, 0.4) is 0 Å². The Balaban J connectivity index is 1.39. The number of ether oxygens (including phenoxy) is 1. The molecule has 3 heterocycles. The van der Waals surface area contributed by atoms with Crippen molar-refractivity contribution >= 4 is 11.9 Å². The van der Waals surface area contributed by atoms with Crippen molar-refractivity contribution in [3.63, 3.8) is 0 Å². The number of hydrogen-bond acceptors (Lipinski definition) is 6. The second-order valence-electron chi connectivity index (χ2n) is 9.12. The average Bonchev–Trinajstić information content (AvgIpc) is 3.07. The summed E-state index contributed by atoms with van der Waals surface area (Å²) in [5.41, 5.74) is 8.85. The molecule has 2 saturated heterocycles. The summed E-state index contributed by atoms with van der Waals surface area (Å²) in [7, 11) is 1.67. The Morgan fingerprint density at radius 2 is 2.20 bits per heavy atom. The second-order valence-corrected chi connectivity index (χ2v) is 9.12. The van der Waals surface area contributed by atoms with Crippen LogP contribution in [0.4, 0.5) is 5.95 Å². The number of benzene rings is 1. The van der Waals surface area contributed by atoms with Crippen LogP contribution in [-0.4, -0.2) is 54.1 Å². The summed E-state index contributed by atoms with van der Waals surface area (Å²) in [6, 6.07) is 8.06. The number of aromatic nitrogens is 2. The fourth-order valence-corrected chi connectivity index (χ4v) is 5.54. The van der Waals surface area contributed by atoms with Crippen molar-refractivity contribution in [2.45, 2.75) is 37.5 Å². The van der Waals surface area contributed by atoms with E-state index in [1.807, 2.05) is 24.4 Å². The summed E-state index contributed by atoms with van der Waals surface area (Å²) in [4.78, 5) is 24.7. The largest absolute Gasteiger partial charge is 0.497 e. The summed E-state index contributed by atoms with van der Waals surface area (Å²) < 4.78 is 5.37. The minimum atomic E-state index is -0.378. The third-order valence-corrected chi connectivity index (χ3v) is 7.18. The normalized spacial score (nSPS) is 24.4. The van der Waals surface area contributed by atoms with Crippen LogP contribution in [0.2, 0.25) is 0 Å². The van der Waals surface area contributed by atoms with Gasteiger partial charge in [-0.05, 0) is 55.4 Å². The van der Waals surface area contributed by atoms with Crippen LogP contribution in [0.1, 0.15) is 36.1 Å². The van der Waals surface area contributed by atoms with Gasteiger partial charge in [-0.15, -0.1) is 0 Å². The van der Waals surface area contributed by atoms with Crippen LogP contribution in [0, 0.1) is 5.41 Å². The maximum atomic E-state index is 13.8. The van der Waals surface area contributed by atoms with Gasteiger partial charge in [-0.25, -0.2) is 9.97 Å². The van der Waals surface area contributed by atoms with Crippen molar-refractivity contribution in [1.29, 1.82) is 0 Å². The number of nitrogen functional groups attached to an aromatic ring is 1. The Morgan fingerprint density at radius 1 is 1.33 bits per heavy atom. The predicted molar refractivity (Wildman–Crippen MR) is 114 cm³/mol. The molecule has 1 spiro atoms. The highest BCUT2D eigenvalue weighted by Gasteiger charge is 2.50. The highest BCUT2D eigenvalue weighted by atomic mass is 16.5. The van der Waals surface area contributed by atoms with Gasteiger partial charge in [0.15, 0.2) is 0 Å². The number of methoxy groups -OCH3 is 1. The average molecular weight is 408 g/mol. The molecule has 1 aromatic carbocycles. The van der Waals surface area contributed by atoms with E-state index in [0.717, 1.165) is 75.3 Å². The van der Waals surface area contributed by atoms with Gasteiger partial charge in [0.2, 0.25) is 11.9 Å². The Bertz CT molecular complexity index is 970. The lowest BCUT2D eigenvalue weighted by molar-refractivity contribution is -0.147. The minimum absolute atomic E-state index is 0.0748. The van der Waals surface area contributed by atoms with Crippen molar-refractivity contribution in [2.24, 2.45) is 5.41 Å². The molecule has 3 N–H and O–H groups in total. The first kappa shape index (κ1) is 19.3. The van der Waals surface area contributed by atoms with Gasteiger partial charge in [-0.2, -0.15) is 0 Å². The van der Waals surface area contributed by atoms with Crippen molar-refractivity contribution in [1.82, 2.24) is 20.2 Å². The molecule has 1 aliphatic carbocycles. The molecule has 2 fully saturated rings. The van der Waals surface area contributed by atoms with E-state index in [4.69, 9.17) is 10.5 Å². The van der Waals surface area contributed by atoms with E-state index in [9.17, 15) is 4.79 Å². The number of aryl methyl sites for hydroxylation is 1. The van der Waals surface area contributed by atoms with Crippen LogP contribution in [0.5, 0.6) is 5.75 Å². The van der Waals surface area contributed by atoms with Gasteiger partial charge < -0.3 is 20.7 Å². The van der Waals surface area contributed by atoms with Gasteiger partial charge >= 0.3 is 0 Å². The van der Waals surface area contributed by atoms with E-state index in [1.54, 1.807) is 7.11 Å². The van der Waals surface area contributed by atoms with Crippen molar-refractivity contribution in [2.75, 3.05) is 39.0 Å². The lowest BCUT2D eigenvalue weighted by atomic mass is 9.72. The van der Waals surface area contributed by atoms with E-state index in [1.165, 1.54) is 5.56 Å². The van der Waals surface area contributed by atoms with Crippen LogP contribution in [0.15, 0.2) is 30.5 Å². The van der Waals surface area contributed by atoms with Gasteiger partial charge in [0.05, 0.1) is 18.2 Å². The first-order chi connectivity index (χ1) is 14.5. The number of nitrogens with zero attached hydrogens (tertiary/aromatic N) is 3. The second kappa shape index (κ2) is 7.23. The lowest BCUT2D eigenvalue weighted by Crippen LogP contribution is -2.65. The smallest absolute Gasteiger partial charge is 0.231 e. The summed E-state index contributed by atoms with van der Waals surface area (Å²) in [6.45, 7) is 2.99. The monoisotopic (exact) mass is 407 g/mol. The number of fused-ring (bicyclic) bond motifs is 2. The lowest BCUT2D eigenvalue weighted by Gasteiger charge is -2.48. The molecule has 3 aliphatic rings. The van der Waals surface area contributed by atoms with Gasteiger partial charge in [0.1, 0.15) is 5.75 Å². The molecule has 0 bridgehead atoms. The van der Waals surface area contributed by atoms with E-state index in [-0.39, 0.29) is 16.7 Å². The molecule has 30 heavy (non-hydrogen) atoms. The number of likely N-dealkylation sites (tertiary alicyclic amines) is 1. The predicted octanol–water partition coefficient (Wildman–Crippen LogP) is 1.71. The van der Waals surface area contributed by atoms with Gasteiger partial charge in [0.25, 0.3) is 0 Å². The minimum Gasteiger partial charge on any atom is -0.497 e. The van der Waals surface area contributed by atoms with Gasteiger partial charge in [0, 0.05) is 37.8 Å². The van der Waals surface area contributed by atoms with Crippen LogP contribution in [0.25, 0.3) is 0 Å². The van der Waals surface area contributed by atoms with Crippen molar-refractivity contribution < 1.29 is 9.53 Å². The first-order valence-electron chi connectivity index (χ1n) is 10.8. The summed E-state index contributed by atoms with van der Waals surface area (Å²) in [6.07, 6.45) is 6.64. The van der Waals surface area contributed by atoms with E-state index in [2.05, 4.69) is 26.3 Å². The molecule has 158 valence electrons. The summed E-state index contributed by atoms with van der Waals surface area (Å²) in [5.74, 6) is 1.42. The van der Waals surface area contributed by atoms with Gasteiger partial charge in [-0.3, -0.25) is 4.79 Å². The molecule has 0 radical (unpaired) electrons.